The number of carbonyl (C=O) groups excluding carboxylic acids is 2. The Morgan fingerprint density at radius 3 is 2.47 bits per heavy atom. The summed E-state index contributed by atoms with van der Waals surface area (Å²) in [6.07, 6.45) is -3.12. The van der Waals surface area contributed by atoms with Crippen molar-refractivity contribution in [2.24, 2.45) is 0 Å². The summed E-state index contributed by atoms with van der Waals surface area (Å²) in [7, 11) is 0. The van der Waals surface area contributed by atoms with Crippen molar-refractivity contribution in [2.45, 2.75) is 19.0 Å². The van der Waals surface area contributed by atoms with E-state index >= 15 is 0 Å². The van der Waals surface area contributed by atoms with Gasteiger partial charge in [0.15, 0.2) is 0 Å². The van der Waals surface area contributed by atoms with Crippen LogP contribution in [-0.4, -0.2) is 38.2 Å². The zero-order valence-corrected chi connectivity index (χ0v) is 16.0. The first-order valence-electron chi connectivity index (χ1n) is 9.65. The van der Waals surface area contributed by atoms with Crippen molar-refractivity contribution < 1.29 is 27.5 Å². The highest BCUT2D eigenvalue weighted by Crippen LogP contribution is 2.36. The zero-order chi connectivity index (χ0) is 21.3. The number of anilines is 3. The molecule has 30 heavy (non-hydrogen) atoms. The van der Waals surface area contributed by atoms with Gasteiger partial charge >= 0.3 is 12.3 Å². The Balaban J connectivity index is 1.63. The highest BCUT2D eigenvalue weighted by Gasteiger charge is 2.32. The summed E-state index contributed by atoms with van der Waals surface area (Å²) in [4.78, 5) is 28.0. The maximum absolute atomic E-state index is 13.2. The van der Waals surface area contributed by atoms with Gasteiger partial charge in [-0.1, -0.05) is 6.07 Å². The highest BCUT2D eigenvalue weighted by atomic mass is 19.4. The number of ether oxygens (including phenoxy) is 1. The Labute approximate surface area is 171 Å². The molecule has 0 aromatic heterocycles. The van der Waals surface area contributed by atoms with Crippen LogP contribution < -0.4 is 15.1 Å². The topological polar surface area (TPSA) is 61.9 Å². The van der Waals surface area contributed by atoms with E-state index in [1.807, 2.05) is 4.90 Å². The molecule has 2 aromatic carbocycles. The largest absolute Gasteiger partial charge is 0.447 e. The van der Waals surface area contributed by atoms with Gasteiger partial charge in [-0.05, 0) is 49.2 Å². The fourth-order valence-electron chi connectivity index (χ4n) is 3.68. The van der Waals surface area contributed by atoms with Gasteiger partial charge in [0.25, 0.3) is 5.91 Å². The lowest BCUT2D eigenvalue weighted by molar-refractivity contribution is -0.137. The minimum Gasteiger partial charge on any atom is -0.447 e. The second-order valence-electron chi connectivity index (χ2n) is 7.19. The summed E-state index contributed by atoms with van der Waals surface area (Å²) in [5.41, 5.74) is 0.580. The Kier molecular flexibility index (Phi) is 5.27. The number of benzene rings is 2. The van der Waals surface area contributed by atoms with Crippen LogP contribution in [0.25, 0.3) is 0 Å². The third-order valence-electron chi connectivity index (χ3n) is 5.20. The monoisotopic (exact) mass is 419 g/mol. The van der Waals surface area contributed by atoms with E-state index in [0.717, 1.165) is 38.1 Å². The number of cyclic esters (lactones) is 1. The maximum Gasteiger partial charge on any atom is 0.416 e. The van der Waals surface area contributed by atoms with Gasteiger partial charge in [-0.3, -0.25) is 9.69 Å². The van der Waals surface area contributed by atoms with Crippen LogP contribution in [0.3, 0.4) is 0 Å². The van der Waals surface area contributed by atoms with Crippen molar-refractivity contribution in [2.75, 3.05) is 41.4 Å². The molecule has 2 saturated heterocycles. The molecule has 2 amide bonds. The van der Waals surface area contributed by atoms with Gasteiger partial charge in [-0.15, -0.1) is 0 Å². The SMILES string of the molecule is O=C(Nc1cc(C(F)(F)F)ccc1N1CCCC1)c1cccc(N2CCOC2=O)c1. The fourth-order valence-corrected chi connectivity index (χ4v) is 3.68. The summed E-state index contributed by atoms with van der Waals surface area (Å²) < 4.78 is 44.6. The van der Waals surface area contributed by atoms with E-state index in [1.165, 1.54) is 17.0 Å². The smallest absolute Gasteiger partial charge is 0.416 e. The number of carbonyl (C=O) groups is 2. The standard InChI is InChI=1S/C21H20F3N3O3/c22-21(23,24)15-6-7-18(26-8-1-2-9-26)17(13-15)25-19(28)14-4-3-5-16(12-14)27-10-11-30-20(27)29/h3-7,12-13H,1-2,8-11H2,(H,25,28). The lowest BCUT2D eigenvalue weighted by Gasteiger charge is -2.23. The van der Waals surface area contributed by atoms with E-state index in [9.17, 15) is 22.8 Å². The molecule has 0 unspecified atom stereocenters. The first kappa shape index (κ1) is 20.1. The van der Waals surface area contributed by atoms with Gasteiger partial charge in [0.2, 0.25) is 0 Å². The molecule has 0 atom stereocenters. The molecule has 2 aromatic rings. The number of halogens is 3. The van der Waals surface area contributed by atoms with Crippen molar-refractivity contribution in [1.29, 1.82) is 0 Å². The molecule has 0 spiro atoms. The van der Waals surface area contributed by atoms with Crippen LogP contribution in [-0.2, 0) is 10.9 Å². The normalized spacial score (nSPS) is 16.7. The molecule has 4 rings (SSSR count). The fraction of sp³-hybridized carbons (Fsp3) is 0.333. The molecule has 0 saturated carbocycles. The number of alkyl halides is 3. The van der Waals surface area contributed by atoms with Crippen LogP contribution >= 0.6 is 0 Å². The Morgan fingerprint density at radius 1 is 1.03 bits per heavy atom. The van der Waals surface area contributed by atoms with Crippen molar-refractivity contribution in [3.8, 4) is 0 Å². The first-order chi connectivity index (χ1) is 14.3. The third-order valence-corrected chi connectivity index (χ3v) is 5.20. The number of nitrogens with zero attached hydrogens (tertiary/aromatic N) is 2. The molecule has 158 valence electrons. The summed E-state index contributed by atoms with van der Waals surface area (Å²) >= 11 is 0. The van der Waals surface area contributed by atoms with Crippen LogP contribution in [0.2, 0.25) is 0 Å². The van der Waals surface area contributed by atoms with Crippen LogP contribution in [0.1, 0.15) is 28.8 Å². The van der Waals surface area contributed by atoms with Crippen molar-refractivity contribution in [1.82, 2.24) is 0 Å². The van der Waals surface area contributed by atoms with Gasteiger partial charge in [0.05, 0.1) is 23.5 Å². The predicted octanol–water partition coefficient (Wildman–Crippen LogP) is 4.51. The van der Waals surface area contributed by atoms with Gasteiger partial charge < -0.3 is 15.0 Å². The number of hydrogen-bond acceptors (Lipinski definition) is 4. The lowest BCUT2D eigenvalue weighted by atomic mass is 10.1. The summed E-state index contributed by atoms with van der Waals surface area (Å²) in [6, 6.07) is 9.75. The van der Waals surface area contributed by atoms with E-state index in [4.69, 9.17) is 4.74 Å². The van der Waals surface area contributed by atoms with Gasteiger partial charge in [0.1, 0.15) is 6.61 Å². The first-order valence-corrected chi connectivity index (χ1v) is 9.65. The van der Waals surface area contributed by atoms with E-state index < -0.39 is 23.7 Å². The minimum absolute atomic E-state index is 0.114. The van der Waals surface area contributed by atoms with Gasteiger partial charge in [0, 0.05) is 24.3 Å². The Bertz CT molecular complexity index is 971. The minimum atomic E-state index is -4.51. The number of nitrogens with one attached hydrogen (secondary N) is 1. The van der Waals surface area contributed by atoms with Crippen molar-refractivity contribution in [3.05, 3.63) is 53.6 Å². The second kappa shape index (κ2) is 7.89. The molecule has 1 N–H and O–H groups in total. The maximum atomic E-state index is 13.2. The quantitative estimate of drug-likeness (QED) is 0.792. The third kappa shape index (κ3) is 4.05. The lowest BCUT2D eigenvalue weighted by Crippen LogP contribution is -2.24. The van der Waals surface area contributed by atoms with Crippen LogP contribution in [0.15, 0.2) is 42.5 Å². The van der Waals surface area contributed by atoms with E-state index in [2.05, 4.69) is 5.32 Å². The van der Waals surface area contributed by atoms with Gasteiger partial charge in [-0.2, -0.15) is 13.2 Å². The van der Waals surface area contributed by atoms with Gasteiger partial charge in [-0.25, -0.2) is 4.79 Å². The predicted molar refractivity (Wildman–Crippen MR) is 106 cm³/mol. The highest BCUT2D eigenvalue weighted by molar-refractivity contribution is 6.07. The molecule has 2 aliphatic heterocycles. The van der Waals surface area contributed by atoms with Crippen LogP contribution in [0.5, 0.6) is 0 Å². The Morgan fingerprint density at radius 2 is 1.80 bits per heavy atom. The summed E-state index contributed by atoms with van der Waals surface area (Å²) in [5, 5.41) is 2.63. The molecule has 0 bridgehead atoms. The van der Waals surface area contributed by atoms with E-state index in [0.29, 0.717) is 17.9 Å². The number of amides is 2. The molecule has 0 aliphatic carbocycles. The molecule has 6 nitrogen and oxygen atoms in total. The molecule has 9 heteroatoms. The average Bonchev–Trinajstić information content (AvgIpc) is 3.39. The molecule has 2 heterocycles. The molecular formula is C21H20F3N3O3. The number of hydrogen-bond donors (Lipinski definition) is 1. The molecular weight excluding hydrogens is 399 g/mol. The van der Waals surface area contributed by atoms with Crippen LogP contribution in [0, 0.1) is 0 Å². The Hall–Kier alpha value is -3.23. The van der Waals surface area contributed by atoms with Crippen molar-refractivity contribution >= 4 is 29.1 Å². The molecule has 0 radical (unpaired) electrons. The van der Waals surface area contributed by atoms with E-state index in [-0.39, 0.29) is 17.9 Å². The summed E-state index contributed by atoms with van der Waals surface area (Å²) in [5.74, 6) is -0.552. The summed E-state index contributed by atoms with van der Waals surface area (Å²) in [6.45, 7) is 2.08. The van der Waals surface area contributed by atoms with Crippen molar-refractivity contribution in [3.63, 3.8) is 0 Å². The molecule has 2 fully saturated rings. The average molecular weight is 419 g/mol. The number of rotatable bonds is 4. The van der Waals surface area contributed by atoms with E-state index in [1.54, 1.807) is 18.2 Å². The molecule has 2 aliphatic rings. The second-order valence-corrected chi connectivity index (χ2v) is 7.19. The van der Waals surface area contributed by atoms with Crippen LogP contribution in [0.4, 0.5) is 35.0 Å². The zero-order valence-electron chi connectivity index (χ0n) is 16.0.